The Hall–Kier alpha value is -9.59. The molecule has 0 unspecified atom stereocenters. The van der Waals surface area contributed by atoms with Gasteiger partial charge in [-0.2, -0.15) is 48.3 Å². The summed E-state index contributed by atoms with van der Waals surface area (Å²) in [4.78, 5) is 40.9. The molecule has 0 fully saturated rings. The number of anilines is 10. The molecule has 10 rings (SSSR count). The normalized spacial score (nSPS) is 9.39. The fraction of sp³-hybridized carbons (Fsp3) is 0.392. The summed E-state index contributed by atoms with van der Waals surface area (Å²) in [6, 6.07) is 16.7. The van der Waals surface area contributed by atoms with Gasteiger partial charge in [0.2, 0.25) is 69.7 Å². The van der Waals surface area contributed by atoms with Gasteiger partial charge in [0.05, 0.1) is 0 Å². The lowest BCUT2D eigenvalue weighted by Crippen LogP contribution is -2.07. The van der Waals surface area contributed by atoms with Crippen LogP contribution in [-0.4, -0.2) is 131 Å². The summed E-state index contributed by atoms with van der Waals surface area (Å²) in [7, 11) is 0. The molecule has 0 amide bonds. The van der Waals surface area contributed by atoms with Crippen LogP contribution in [0, 0.1) is 0 Å². The van der Waals surface area contributed by atoms with Crippen LogP contribution in [0.3, 0.4) is 0 Å². The second-order valence-corrected chi connectivity index (χ2v) is 15.6. The molecule has 0 atom stereocenters. The van der Waals surface area contributed by atoms with Gasteiger partial charge in [0.1, 0.15) is 0 Å². The predicted molar refractivity (Wildman–Crippen MR) is 341 cm³/mol. The number of aromatic nitrogens is 20. The maximum absolute atomic E-state index is 5.71. The van der Waals surface area contributed by atoms with E-state index in [4.69, 9.17) is 28.7 Å². The number of nitrogen functional groups attached to an aromatic ring is 5. The van der Waals surface area contributed by atoms with Crippen molar-refractivity contribution in [1.82, 2.24) is 98.7 Å². The van der Waals surface area contributed by atoms with Crippen molar-refractivity contribution in [1.29, 1.82) is 0 Å². The minimum atomic E-state index is 0.233. The lowest BCUT2D eigenvalue weighted by molar-refractivity contribution is 0.849. The van der Waals surface area contributed by atoms with Crippen molar-refractivity contribution in [3.63, 3.8) is 0 Å². The van der Waals surface area contributed by atoms with Crippen LogP contribution in [0.5, 0.6) is 0 Å². The van der Waals surface area contributed by atoms with Crippen molar-refractivity contribution in [3.8, 4) is 27.7 Å². The molecule has 10 aromatic rings. The Morgan fingerprint density at radius 2 is 0.651 bits per heavy atom. The molecule has 0 saturated heterocycles. The Labute approximate surface area is 494 Å². The fourth-order valence-electron chi connectivity index (χ4n) is 5.72. The molecule has 10 heterocycles. The lowest BCUT2D eigenvalue weighted by atomic mass is 10.5. The number of thiazole rings is 2. The molecule has 452 valence electrons. The van der Waals surface area contributed by atoms with Gasteiger partial charge in [-0.15, -0.1) is 48.2 Å². The Morgan fingerprint density at radius 3 is 0.928 bits per heavy atom. The van der Waals surface area contributed by atoms with Crippen LogP contribution in [-0.2, 0) is 0 Å². The third-order valence-corrected chi connectivity index (χ3v) is 10.1. The van der Waals surface area contributed by atoms with Crippen LogP contribution in [0.1, 0.15) is 104 Å². The third kappa shape index (κ3) is 23.6. The number of nitrogens with one attached hydrogen (secondary N) is 5. The first-order valence-corrected chi connectivity index (χ1v) is 29.2. The predicted octanol–water partition coefficient (Wildman–Crippen LogP) is 8.64. The van der Waals surface area contributed by atoms with Crippen molar-refractivity contribution in [2.45, 2.75) is 104 Å². The Kier molecular flexibility index (Phi) is 36.4. The highest BCUT2D eigenvalue weighted by molar-refractivity contribution is 7.12. The smallest absolute Gasteiger partial charge is 0.244 e. The van der Waals surface area contributed by atoms with E-state index in [-0.39, 0.29) is 11.9 Å². The summed E-state index contributed by atoms with van der Waals surface area (Å²) in [5, 5.41) is 40.9. The zero-order valence-corrected chi connectivity index (χ0v) is 52.1. The first-order valence-electron chi connectivity index (χ1n) is 27.4. The van der Waals surface area contributed by atoms with E-state index in [0.29, 0.717) is 65.0 Å². The molecule has 10 aromatic heterocycles. The van der Waals surface area contributed by atoms with Gasteiger partial charge in [-0.1, -0.05) is 87.4 Å². The number of hydrogen-bond donors (Lipinski definition) is 10. The van der Waals surface area contributed by atoms with E-state index >= 15 is 0 Å². The number of pyridine rings is 3. The molecule has 0 aromatic carbocycles. The number of hydrogen-bond acceptors (Lipinski definition) is 27. The average Bonchev–Trinajstić information content (AvgIpc) is 4.54. The fourth-order valence-corrected chi connectivity index (χ4v) is 6.92. The van der Waals surface area contributed by atoms with Gasteiger partial charge >= 0.3 is 0 Å². The number of nitrogens with two attached hydrogens (primary N) is 5. The van der Waals surface area contributed by atoms with Crippen molar-refractivity contribution in [2.75, 3.05) is 88.0 Å². The van der Waals surface area contributed by atoms with Crippen molar-refractivity contribution in [2.24, 2.45) is 0 Å². The molecule has 15 N–H and O–H groups in total. The standard InChI is InChI=1S/3C9H12N6.2C7H10N6S.5C2H6/c1-2-11-9-13-8(10)15(14-9)7-5-3-4-6-12-7;2*1-2-11-9-13-8(10)14-15(9)7-5-3-4-6-12-7;2*1-2-9-6-11-5(8)13(12-6)7-10-3-4-14-7;5*1-2/h3*3-6H,2H2,1H3,(H3,10,11,13,14);2*3-4H,2H2,1H3,(H3,8,9,11,12);5*1-2H3. The summed E-state index contributed by atoms with van der Waals surface area (Å²) < 4.78 is 7.70. The van der Waals surface area contributed by atoms with Gasteiger partial charge in [0.15, 0.2) is 17.5 Å². The zero-order chi connectivity index (χ0) is 62.0. The van der Waals surface area contributed by atoms with Gasteiger partial charge < -0.3 is 55.3 Å². The van der Waals surface area contributed by atoms with E-state index in [1.54, 1.807) is 40.3 Å². The molecule has 32 heteroatoms. The molecule has 0 spiro atoms. The summed E-state index contributed by atoms with van der Waals surface area (Å²) in [5.74, 6) is 6.30. The number of rotatable bonds is 15. The Bertz CT molecular complexity index is 2930. The van der Waals surface area contributed by atoms with Crippen LogP contribution in [0.2, 0.25) is 0 Å². The first-order chi connectivity index (χ1) is 40.5. The molecule has 83 heavy (non-hydrogen) atoms. The molecule has 0 bridgehead atoms. The molecular formula is C51H86N30S2. The van der Waals surface area contributed by atoms with Gasteiger partial charge in [0.25, 0.3) is 0 Å². The maximum atomic E-state index is 5.71. The van der Waals surface area contributed by atoms with E-state index in [0.717, 1.165) is 43.0 Å². The average molecular weight is 1180 g/mol. The van der Waals surface area contributed by atoms with Crippen LogP contribution >= 0.6 is 22.7 Å². The molecule has 0 saturated carbocycles. The molecule has 30 nitrogen and oxygen atoms in total. The van der Waals surface area contributed by atoms with Crippen molar-refractivity contribution >= 4 is 82.2 Å². The minimum absolute atomic E-state index is 0.233. The highest BCUT2D eigenvalue weighted by atomic mass is 32.1. The monoisotopic (exact) mass is 1180 g/mol. The largest absolute Gasteiger partial charge is 0.368 e. The molecular weight excluding hydrogens is 1100 g/mol. The quantitative estimate of drug-likeness (QED) is 0.0459. The summed E-state index contributed by atoms with van der Waals surface area (Å²) >= 11 is 2.93. The van der Waals surface area contributed by atoms with Gasteiger partial charge in [-0.05, 0) is 71.0 Å². The van der Waals surface area contributed by atoms with Crippen LogP contribution in [0.25, 0.3) is 27.7 Å². The second kappa shape index (κ2) is 42.3. The number of nitrogens with zero attached hydrogens (tertiary/aromatic N) is 20. The highest BCUT2D eigenvalue weighted by Crippen LogP contribution is 2.18. The van der Waals surface area contributed by atoms with E-state index in [1.807, 2.05) is 169 Å². The summed E-state index contributed by atoms with van der Waals surface area (Å²) in [5.41, 5.74) is 28.1. The molecule has 0 aliphatic carbocycles. The van der Waals surface area contributed by atoms with E-state index in [9.17, 15) is 0 Å². The topological polar surface area (TPSA) is 408 Å². The second-order valence-electron chi connectivity index (χ2n) is 13.9. The maximum Gasteiger partial charge on any atom is 0.244 e. The van der Waals surface area contributed by atoms with Crippen LogP contribution < -0.4 is 55.3 Å². The zero-order valence-electron chi connectivity index (χ0n) is 50.4. The minimum Gasteiger partial charge on any atom is -0.368 e. The van der Waals surface area contributed by atoms with Gasteiger partial charge in [0, 0.05) is 74.5 Å². The van der Waals surface area contributed by atoms with Gasteiger partial charge in [-0.3, -0.25) is 0 Å². The molecule has 0 aliphatic rings. The molecule has 0 aliphatic heterocycles. The van der Waals surface area contributed by atoms with Crippen LogP contribution in [0.4, 0.5) is 59.5 Å². The SMILES string of the molecule is CC.CC.CC.CC.CC.CCNc1nc(N)n(-c2ccccn2)n1.CCNc1nc(N)n(-c2nccs2)n1.CCNc1nc(N)n(-c2nccs2)n1.CCNc1nc(N)nn1-c1ccccn1.CCNc1nc(N)nn1-c1ccccn1. The lowest BCUT2D eigenvalue weighted by Gasteiger charge is -2.04. The van der Waals surface area contributed by atoms with E-state index in [2.05, 4.69) is 102 Å². The summed E-state index contributed by atoms with van der Waals surface area (Å²) in [6.45, 7) is 33.7. The first kappa shape index (κ1) is 71.4. The molecule has 0 radical (unpaired) electrons. The van der Waals surface area contributed by atoms with Crippen molar-refractivity contribution in [3.05, 3.63) is 96.3 Å². The highest BCUT2D eigenvalue weighted by Gasteiger charge is 2.13. The van der Waals surface area contributed by atoms with Crippen molar-refractivity contribution < 1.29 is 0 Å². The van der Waals surface area contributed by atoms with E-state index < -0.39 is 0 Å². The Morgan fingerprint density at radius 1 is 0.349 bits per heavy atom. The summed E-state index contributed by atoms with van der Waals surface area (Å²) in [6.07, 6.45) is 8.48. The third-order valence-electron chi connectivity index (χ3n) is 8.62. The van der Waals surface area contributed by atoms with Crippen LogP contribution in [0.15, 0.2) is 96.3 Å². The van der Waals surface area contributed by atoms with Gasteiger partial charge in [-0.25, -0.2) is 24.9 Å². The van der Waals surface area contributed by atoms with E-state index in [1.165, 1.54) is 36.7 Å². The Balaban J connectivity index is 0.000000499.